The number of carboxylic acid groups (broad SMARTS) is 1. The number of carbonyl (C=O) groups is 2. The zero-order valence-electron chi connectivity index (χ0n) is 9.27. The van der Waals surface area contributed by atoms with Crippen molar-refractivity contribution in [2.45, 2.75) is 18.6 Å². The van der Waals surface area contributed by atoms with E-state index < -0.39 is 11.9 Å². The largest absolute Gasteiger partial charge is 0.481 e. The third kappa shape index (κ3) is 5.12. The van der Waals surface area contributed by atoms with E-state index >= 15 is 0 Å². The Morgan fingerprint density at radius 1 is 1.50 bits per heavy atom. The van der Waals surface area contributed by atoms with Gasteiger partial charge in [-0.05, 0) is 0 Å². The molecule has 0 bridgehead atoms. The van der Waals surface area contributed by atoms with Gasteiger partial charge in [-0.25, -0.2) is 0 Å². The summed E-state index contributed by atoms with van der Waals surface area (Å²) in [4.78, 5) is 22.1. The molecule has 1 fully saturated rings. The number of amides is 1. The summed E-state index contributed by atoms with van der Waals surface area (Å²) in [5.41, 5.74) is 0. The van der Waals surface area contributed by atoms with E-state index in [9.17, 15) is 9.59 Å². The molecule has 1 saturated heterocycles. The van der Waals surface area contributed by atoms with Gasteiger partial charge in [0.2, 0.25) is 5.91 Å². The Kier molecular flexibility index (Phi) is 6.05. The molecule has 1 rings (SSSR count). The predicted octanol–water partition coefficient (Wildman–Crippen LogP) is 1.06. The van der Waals surface area contributed by atoms with Gasteiger partial charge in [-0.1, -0.05) is 6.92 Å². The van der Waals surface area contributed by atoms with Gasteiger partial charge in [-0.15, -0.1) is 0 Å². The molecule has 0 aliphatic carbocycles. The van der Waals surface area contributed by atoms with E-state index in [2.05, 4.69) is 5.32 Å². The minimum absolute atomic E-state index is 0.0342. The fraction of sp³-hybridized carbons (Fsp3) is 0.800. The summed E-state index contributed by atoms with van der Waals surface area (Å²) < 4.78 is 0. The third-order valence-corrected chi connectivity index (χ3v) is 5.17. The van der Waals surface area contributed by atoms with E-state index in [1.807, 2.05) is 23.5 Å². The Labute approximate surface area is 104 Å². The molecular weight excluding hydrogens is 246 g/mol. The third-order valence-electron chi connectivity index (χ3n) is 2.33. The summed E-state index contributed by atoms with van der Waals surface area (Å²) in [7, 11) is 0. The molecule has 1 heterocycles. The number of hydrogen-bond acceptors (Lipinski definition) is 4. The van der Waals surface area contributed by atoms with Crippen molar-refractivity contribution < 1.29 is 14.7 Å². The molecule has 0 aromatic rings. The molecule has 1 aliphatic heterocycles. The standard InChI is InChI=1S/C10H17NO3S2/c1-7(10(13)14)5-11-9(12)4-8-6-15-2-3-16-8/h7-8H,2-6H2,1H3,(H,11,12)(H,13,14). The normalized spacial score (nSPS) is 22.4. The fourth-order valence-corrected chi connectivity index (χ4v) is 3.97. The number of rotatable bonds is 5. The summed E-state index contributed by atoms with van der Waals surface area (Å²) >= 11 is 3.71. The highest BCUT2D eigenvalue weighted by molar-refractivity contribution is 8.06. The molecular formula is C10H17NO3S2. The van der Waals surface area contributed by atoms with Gasteiger partial charge >= 0.3 is 5.97 Å². The van der Waals surface area contributed by atoms with Crippen LogP contribution in [0.3, 0.4) is 0 Å². The molecule has 4 nitrogen and oxygen atoms in total. The maximum atomic E-state index is 11.5. The van der Waals surface area contributed by atoms with E-state index in [0.29, 0.717) is 11.7 Å². The van der Waals surface area contributed by atoms with Crippen LogP contribution in [0.2, 0.25) is 0 Å². The first-order valence-electron chi connectivity index (χ1n) is 5.28. The molecule has 92 valence electrons. The van der Waals surface area contributed by atoms with Crippen molar-refractivity contribution in [2.24, 2.45) is 5.92 Å². The smallest absolute Gasteiger partial charge is 0.308 e. The zero-order chi connectivity index (χ0) is 12.0. The van der Waals surface area contributed by atoms with Gasteiger partial charge in [0.25, 0.3) is 0 Å². The molecule has 6 heteroatoms. The van der Waals surface area contributed by atoms with Gasteiger partial charge in [0.15, 0.2) is 0 Å². The van der Waals surface area contributed by atoms with Crippen LogP contribution in [0.1, 0.15) is 13.3 Å². The number of carboxylic acids is 1. The zero-order valence-corrected chi connectivity index (χ0v) is 10.9. The number of thioether (sulfide) groups is 2. The predicted molar refractivity (Wildman–Crippen MR) is 68.0 cm³/mol. The molecule has 2 atom stereocenters. The maximum Gasteiger partial charge on any atom is 0.308 e. The molecule has 2 N–H and O–H groups in total. The maximum absolute atomic E-state index is 11.5. The van der Waals surface area contributed by atoms with Crippen molar-refractivity contribution in [1.29, 1.82) is 0 Å². The van der Waals surface area contributed by atoms with Crippen LogP contribution in [0.15, 0.2) is 0 Å². The van der Waals surface area contributed by atoms with E-state index in [-0.39, 0.29) is 12.5 Å². The van der Waals surface area contributed by atoms with Crippen molar-refractivity contribution in [1.82, 2.24) is 5.32 Å². The summed E-state index contributed by atoms with van der Waals surface area (Å²) in [6, 6.07) is 0. The molecule has 0 aromatic heterocycles. The molecule has 0 saturated carbocycles. The van der Waals surface area contributed by atoms with Gasteiger partial charge in [0.05, 0.1) is 5.92 Å². The van der Waals surface area contributed by atoms with Crippen LogP contribution in [0.5, 0.6) is 0 Å². The second-order valence-electron chi connectivity index (χ2n) is 3.82. The first kappa shape index (κ1) is 13.7. The Bertz CT molecular complexity index is 254. The summed E-state index contributed by atoms with van der Waals surface area (Å²) in [6.45, 7) is 1.81. The number of aliphatic carboxylic acids is 1. The lowest BCUT2D eigenvalue weighted by Crippen LogP contribution is -2.33. The highest BCUT2D eigenvalue weighted by atomic mass is 32.2. The molecule has 1 amide bonds. The SMILES string of the molecule is CC(CNC(=O)CC1CSCCS1)C(=O)O. The molecule has 0 radical (unpaired) electrons. The van der Waals surface area contributed by atoms with Crippen molar-refractivity contribution in [3.63, 3.8) is 0 Å². The minimum atomic E-state index is -0.872. The van der Waals surface area contributed by atoms with Gasteiger partial charge in [-0.2, -0.15) is 23.5 Å². The molecule has 1 aliphatic rings. The summed E-state index contributed by atoms with van der Waals surface area (Å²) in [5.74, 6) is 1.87. The van der Waals surface area contributed by atoms with Crippen LogP contribution in [-0.2, 0) is 9.59 Å². The van der Waals surface area contributed by atoms with Crippen LogP contribution >= 0.6 is 23.5 Å². The summed E-state index contributed by atoms with van der Waals surface area (Å²) in [5, 5.41) is 11.7. The number of hydrogen-bond donors (Lipinski definition) is 2. The summed E-state index contributed by atoms with van der Waals surface area (Å²) in [6.07, 6.45) is 0.504. The van der Waals surface area contributed by atoms with E-state index in [4.69, 9.17) is 5.11 Å². The lowest BCUT2D eigenvalue weighted by Gasteiger charge is -2.20. The quantitative estimate of drug-likeness (QED) is 0.776. The first-order chi connectivity index (χ1) is 7.59. The van der Waals surface area contributed by atoms with Gasteiger partial charge in [0, 0.05) is 35.5 Å². The van der Waals surface area contributed by atoms with Crippen LogP contribution in [0.25, 0.3) is 0 Å². The van der Waals surface area contributed by atoms with Crippen molar-refractivity contribution >= 4 is 35.4 Å². The Morgan fingerprint density at radius 3 is 2.81 bits per heavy atom. The average molecular weight is 263 g/mol. The average Bonchev–Trinajstić information content (AvgIpc) is 2.27. The lowest BCUT2D eigenvalue weighted by molar-refractivity contribution is -0.141. The highest BCUT2D eigenvalue weighted by Gasteiger charge is 2.19. The van der Waals surface area contributed by atoms with Crippen molar-refractivity contribution in [3.05, 3.63) is 0 Å². The Hall–Kier alpha value is -0.360. The van der Waals surface area contributed by atoms with Gasteiger partial charge in [-0.3, -0.25) is 9.59 Å². The van der Waals surface area contributed by atoms with Crippen LogP contribution in [-0.4, -0.2) is 46.0 Å². The number of nitrogens with one attached hydrogen (secondary N) is 1. The molecule has 0 aromatic carbocycles. The van der Waals surface area contributed by atoms with Gasteiger partial charge < -0.3 is 10.4 Å². The molecule has 16 heavy (non-hydrogen) atoms. The van der Waals surface area contributed by atoms with Crippen molar-refractivity contribution in [3.8, 4) is 0 Å². The Balaban J connectivity index is 2.17. The Morgan fingerprint density at radius 2 is 2.25 bits per heavy atom. The van der Waals surface area contributed by atoms with Crippen LogP contribution in [0, 0.1) is 5.92 Å². The number of carbonyl (C=O) groups excluding carboxylic acids is 1. The highest BCUT2D eigenvalue weighted by Crippen LogP contribution is 2.26. The van der Waals surface area contributed by atoms with E-state index in [0.717, 1.165) is 11.5 Å². The minimum Gasteiger partial charge on any atom is -0.481 e. The second-order valence-corrected chi connectivity index (χ2v) is 6.37. The monoisotopic (exact) mass is 263 g/mol. The lowest BCUT2D eigenvalue weighted by atomic mass is 10.2. The first-order valence-corrected chi connectivity index (χ1v) is 7.48. The van der Waals surface area contributed by atoms with Crippen molar-refractivity contribution in [2.75, 3.05) is 23.8 Å². The van der Waals surface area contributed by atoms with E-state index in [1.165, 1.54) is 5.75 Å². The van der Waals surface area contributed by atoms with Gasteiger partial charge in [0.1, 0.15) is 0 Å². The van der Waals surface area contributed by atoms with Crippen LogP contribution < -0.4 is 5.32 Å². The van der Waals surface area contributed by atoms with Crippen LogP contribution in [0.4, 0.5) is 0 Å². The second kappa shape index (κ2) is 7.06. The fourth-order valence-electron chi connectivity index (χ4n) is 1.29. The molecule has 0 spiro atoms. The topological polar surface area (TPSA) is 66.4 Å². The van der Waals surface area contributed by atoms with E-state index in [1.54, 1.807) is 6.92 Å². The molecule has 2 unspecified atom stereocenters.